The van der Waals surface area contributed by atoms with Crippen molar-refractivity contribution < 1.29 is 14.3 Å². The SMILES string of the molecule is O=C(Cc1cccc2c1OCCO2)NCc1csc(-c2ccccc2)n1. The van der Waals surface area contributed by atoms with Gasteiger partial charge >= 0.3 is 0 Å². The van der Waals surface area contributed by atoms with E-state index in [0.29, 0.717) is 31.3 Å². The molecule has 0 unspecified atom stereocenters. The number of amides is 1. The maximum Gasteiger partial charge on any atom is 0.224 e. The summed E-state index contributed by atoms with van der Waals surface area (Å²) >= 11 is 1.58. The Bertz CT molecular complexity index is 908. The molecule has 2 aromatic carbocycles. The van der Waals surface area contributed by atoms with Crippen molar-refractivity contribution in [3.63, 3.8) is 0 Å². The van der Waals surface area contributed by atoms with Crippen LogP contribution in [0, 0.1) is 0 Å². The van der Waals surface area contributed by atoms with Gasteiger partial charge in [-0.05, 0) is 6.07 Å². The number of para-hydroxylation sites is 1. The van der Waals surface area contributed by atoms with Gasteiger partial charge in [0.2, 0.25) is 5.91 Å². The first-order valence-corrected chi connectivity index (χ1v) is 9.31. The maximum absolute atomic E-state index is 12.3. The van der Waals surface area contributed by atoms with Crippen LogP contribution in [0.5, 0.6) is 11.5 Å². The number of rotatable bonds is 5. The Morgan fingerprint density at radius 1 is 1.08 bits per heavy atom. The predicted molar refractivity (Wildman–Crippen MR) is 101 cm³/mol. The third kappa shape index (κ3) is 3.70. The summed E-state index contributed by atoms with van der Waals surface area (Å²) in [6.07, 6.45) is 0.252. The summed E-state index contributed by atoms with van der Waals surface area (Å²) in [5, 5.41) is 5.86. The number of ether oxygens (including phenoxy) is 2. The molecule has 132 valence electrons. The van der Waals surface area contributed by atoms with E-state index in [1.54, 1.807) is 11.3 Å². The van der Waals surface area contributed by atoms with Gasteiger partial charge in [0.05, 0.1) is 18.7 Å². The van der Waals surface area contributed by atoms with Crippen molar-refractivity contribution in [2.75, 3.05) is 13.2 Å². The first-order chi connectivity index (χ1) is 12.8. The average Bonchev–Trinajstić information content (AvgIpc) is 3.17. The lowest BCUT2D eigenvalue weighted by Crippen LogP contribution is -2.25. The fourth-order valence-electron chi connectivity index (χ4n) is 2.80. The van der Waals surface area contributed by atoms with Crippen molar-refractivity contribution in [2.45, 2.75) is 13.0 Å². The molecule has 1 aromatic heterocycles. The van der Waals surface area contributed by atoms with Gasteiger partial charge < -0.3 is 14.8 Å². The molecule has 6 heteroatoms. The average molecular weight is 366 g/mol. The lowest BCUT2D eigenvalue weighted by atomic mass is 10.1. The minimum Gasteiger partial charge on any atom is -0.486 e. The summed E-state index contributed by atoms with van der Waals surface area (Å²) in [6.45, 7) is 1.46. The molecule has 0 bridgehead atoms. The van der Waals surface area contributed by atoms with Crippen molar-refractivity contribution in [3.05, 3.63) is 65.2 Å². The second kappa shape index (κ2) is 7.58. The van der Waals surface area contributed by atoms with E-state index in [2.05, 4.69) is 10.3 Å². The van der Waals surface area contributed by atoms with Gasteiger partial charge in [0, 0.05) is 16.5 Å². The van der Waals surface area contributed by atoms with Gasteiger partial charge in [0.1, 0.15) is 18.2 Å². The molecule has 0 fully saturated rings. The van der Waals surface area contributed by atoms with Gasteiger partial charge in [-0.25, -0.2) is 4.98 Å². The third-order valence-corrected chi connectivity index (χ3v) is 4.98. The number of fused-ring (bicyclic) bond motifs is 1. The fraction of sp³-hybridized carbons (Fsp3) is 0.200. The zero-order valence-electron chi connectivity index (χ0n) is 14.1. The van der Waals surface area contributed by atoms with Gasteiger partial charge in [-0.1, -0.05) is 42.5 Å². The van der Waals surface area contributed by atoms with Crippen LogP contribution in [0.4, 0.5) is 0 Å². The molecule has 1 N–H and O–H groups in total. The summed E-state index contributed by atoms with van der Waals surface area (Å²) < 4.78 is 11.2. The summed E-state index contributed by atoms with van der Waals surface area (Å²) in [7, 11) is 0. The highest BCUT2D eigenvalue weighted by molar-refractivity contribution is 7.13. The molecule has 3 aromatic rings. The molecule has 0 saturated heterocycles. The first kappa shape index (κ1) is 16.6. The highest BCUT2D eigenvalue weighted by atomic mass is 32.1. The smallest absolute Gasteiger partial charge is 0.224 e. The summed E-state index contributed by atoms with van der Waals surface area (Å²) in [6, 6.07) is 15.6. The number of carbonyl (C=O) groups is 1. The van der Waals surface area contributed by atoms with Crippen LogP contribution in [0.2, 0.25) is 0 Å². The normalized spacial score (nSPS) is 12.6. The molecule has 1 aliphatic heterocycles. The quantitative estimate of drug-likeness (QED) is 0.751. The number of benzene rings is 2. The lowest BCUT2D eigenvalue weighted by Gasteiger charge is -2.20. The number of hydrogen-bond acceptors (Lipinski definition) is 5. The molecule has 4 rings (SSSR count). The summed E-state index contributed by atoms with van der Waals surface area (Å²) in [5.74, 6) is 1.31. The highest BCUT2D eigenvalue weighted by Crippen LogP contribution is 2.33. The Morgan fingerprint density at radius 2 is 1.92 bits per heavy atom. The van der Waals surface area contributed by atoms with Crippen molar-refractivity contribution in [3.8, 4) is 22.1 Å². The van der Waals surface area contributed by atoms with Crippen molar-refractivity contribution >= 4 is 17.2 Å². The van der Waals surface area contributed by atoms with Gasteiger partial charge in [0.25, 0.3) is 0 Å². The van der Waals surface area contributed by atoms with E-state index < -0.39 is 0 Å². The number of nitrogens with one attached hydrogen (secondary N) is 1. The molecule has 0 atom stereocenters. The second-order valence-electron chi connectivity index (χ2n) is 5.90. The van der Waals surface area contributed by atoms with E-state index in [1.165, 1.54) is 0 Å². The lowest BCUT2D eigenvalue weighted by molar-refractivity contribution is -0.120. The Labute approximate surface area is 155 Å². The molecular formula is C20H18N2O3S. The molecule has 0 saturated carbocycles. The van der Waals surface area contributed by atoms with Crippen LogP contribution < -0.4 is 14.8 Å². The van der Waals surface area contributed by atoms with Crippen molar-refractivity contribution in [2.24, 2.45) is 0 Å². The largest absolute Gasteiger partial charge is 0.486 e. The van der Waals surface area contributed by atoms with E-state index in [-0.39, 0.29) is 12.3 Å². The molecular weight excluding hydrogens is 348 g/mol. The van der Waals surface area contributed by atoms with Crippen LogP contribution in [0.25, 0.3) is 10.6 Å². The van der Waals surface area contributed by atoms with Crippen molar-refractivity contribution in [1.82, 2.24) is 10.3 Å². The minimum atomic E-state index is -0.0677. The van der Waals surface area contributed by atoms with Gasteiger partial charge in [-0.3, -0.25) is 4.79 Å². The highest BCUT2D eigenvalue weighted by Gasteiger charge is 2.17. The number of nitrogens with zero attached hydrogens (tertiary/aromatic N) is 1. The Balaban J connectivity index is 1.37. The number of carbonyl (C=O) groups excluding carboxylic acids is 1. The maximum atomic E-state index is 12.3. The molecule has 2 heterocycles. The predicted octanol–water partition coefficient (Wildman–Crippen LogP) is 3.44. The summed E-state index contributed by atoms with van der Waals surface area (Å²) in [5.41, 5.74) is 2.78. The summed E-state index contributed by atoms with van der Waals surface area (Å²) in [4.78, 5) is 16.9. The van der Waals surface area contributed by atoms with Crippen LogP contribution in [-0.4, -0.2) is 24.1 Å². The Morgan fingerprint density at radius 3 is 2.81 bits per heavy atom. The van der Waals surface area contributed by atoms with E-state index in [9.17, 15) is 4.79 Å². The zero-order chi connectivity index (χ0) is 17.8. The second-order valence-corrected chi connectivity index (χ2v) is 6.76. The topological polar surface area (TPSA) is 60.5 Å². The van der Waals surface area contributed by atoms with Gasteiger partial charge in [-0.2, -0.15) is 0 Å². The van der Waals surface area contributed by atoms with E-state index in [0.717, 1.165) is 21.8 Å². The number of hydrogen-bond donors (Lipinski definition) is 1. The molecule has 0 radical (unpaired) electrons. The van der Waals surface area contributed by atoms with E-state index in [1.807, 2.05) is 53.9 Å². The molecule has 1 amide bonds. The molecule has 0 spiro atoms. The number of thiazole rings is 1. The Hall–Kier alpha value is -2.86. The molecule has 0 aliphatic carbocycles. The monoisotopic (exact) mass is 366 g/mol. The van der Waals surface area contributed by atoms with E-state index in [4.69, 9.17) is 9.47 Å². The third-order valence-electron chi connectivity index (χ3n) is 4.04. The fourth-order valence-corrected chi connectivity index (χ4v) is 3.63. The van der Waals surface area contributed by atoms with Crippen LogP contribution in [0.15, 0.2) is 53.9 Å². The first-order valence-electron chi connectivity index (χ1n) is 8.43. The van der Waals surface area contributed by atoms with Gasteiger partial charge in [0.15, 0.2) is 11.5 Å². The van der Waals surface area contributed by atoms with Crippen LogP contribution in [0.1, 0.15) is 11.3 Å². The standard InChI is InChI=1S/C20H18N2O3S/c23-18(11-15-7-4-8-17-19(15)25-10-9-24-17)21-12-16-13-26-20(22-16)14-5-2-1-3-6-14/h1-8,13H,9-12H2,(H,21,23). The van der Waals surface area contributed by atoms with Crippen molar-refractivity contribution in [1.29, 1.82) is 0 Å². The van der Waals surface area contributed by atoms with Gasteiger partial charge in [-0.15, -0.1) is 11.3 Å². The molecule has 26 heavy (non-hydrogen) atoms. The number of aromatic nitrogens is 1. The molecule has 5 nitrogen and oxygen atoms in total. The van der Waals surface area contributed by atoms with Crippen LogP contribution in [-0.2, 0) is 17.8 Å². The zero-order valence-corrected chi connectivity index (χ0v) is 14.9. The van der Waals surface area contributed by atoms with E-state index >= 15 is 0 Å². The van der Waals surface area contributed by atoms with Crippen LogP contribution >= 0.6 is 11.3 Å². The minimum absolute atomic E-state index is 0.0677. The Kier molecular flexibility index (Phi) is 4.84. The van der Waals surface area contributed by atoms with Crippen LogP contribution in [0.3, 0.4) is 0 Å². The molecule has 1 aliphatic rings.